The van der Waals surface area contributed by atoms with Gasteiger partial charge < -0.3 is 0 Å². The number of nitrogens with zero attached hydrogens (tertiary/aromatic N) is 2. The summed E-state index contributed by atoms with van der Waals surface area (Å²) in [5, 5.41) is 0. The van der Waals surface area contributed by atoms with Gasteiger partial charge in [-0.3, -0.25) is 4.90 Å². The highest BCUT2D eigenvalue weighted by Crippen LogP contribution is 2.24. The van der Waals surface area contributed by atoms with Gasteiger partial charge in [0.25, 0.3) is 10.0 Å². The van der Waals surface area contributed by atoms with Crippen molar-refractivity contribution < 1.29 is 12.8 Å². The maximum atomic E-state index is 13.1. The molecule has 1 aliphatic heterocycles. The molecule has 0 fully saturated rings. The molecule has 2 heterocycles. The summed E-state index contributed by atoms with van der Waals surface area (Å²) < 4.78 is 40.6. The van der Waals surface area contributed by atoms with Crippen LogP contribution in [0.5, 0.6) is 0 Å². The van der Waals surface area contributed by atoms with E-state index < -0.39 is 10.0 Å². The fraction of sp³-hybridized carbons (Fsp3) is 0.217. The highest BCUT2D eigenvalue weighted by molar-refractivity contribution is 7.90. The molecule has 0 aliphatic carbocycles. The third kappa shape index (κ3) is 4.18. The largest absolute Gasteiger partial charge is 0.294 e. The molecule has 150 valence electrons. The van der Waals surface area contributed by atoms with Gasteiger partial charge in [0.05, 0.1) is 4.90 Å². The summed E-state index contributed by atoms with van der Waals surface area (Å²) in [6.07, 6.45) is 4.59. The van der Waals surface area contributed by atoms with E-state index in [2.05, 4.69) is 11.0 Å². The Hall–Kier alpha value is -2.70. The van der Waals surface area contributed by atoms with Crippen LogP contribution < -0.4 is 0 Å². The van der Waals surface area contributed by atoms with Gasteiger partial charge in [-0.25, -0.2) is 16.8 Å². The standard InChI is InChI=1S/C23H23FN2O2S/c1-18-4-10-23(11-5-18)29(27,28)26-14-2-3-22(26)17-25-15-12-20(13-16-25)19-6-8-21(24)9-7-19/h2-12,14H,13,15-17H2,1H3. The SMILES string of the molecule is Cc1ccc(S(=O)(=O)n2cccc2CN2CC=C(c3ccc(F)cc3)CC2)cc1. The Morgan fingerprint density at radius 2 is 1.72 bits per heavy atom. The van der Waals surface area contributed by atoms with E-state index in [1.807, 2.05) is 25.1 Å². The monoisotopic (exact) mass is 410 g/mol. The lowest BCUT2D eigenvalue weighted by molar-refractivity contribution is 0.289. The number of rotatable bonds is 5. The molecule has 0 saturated heterocycles. The lowest BCUT2D eigenvalue weighted by Gasteiger charge is -2.27. The summed E-state index contributed by atoms with van der Waals surface area (Å²) in [7, 11) is -3.61. The first-order valence-corrected chi connectivity index (χ1v) is 11.0. The highest BCUT2D eigenvalue weighted by Gasteiger charge is 2.21. The molecular weight excluding hydrogens is 387 g/mol. The Labute approximate surface area is 171 Å². The highest BCUT2D eigenvalue weighted by atomic mass is 32.2. The van der Waals surface area contributed by atoms with Gasteiger partial charge in [-0.1, -0.05) is 35.9 Å². The predicted molar refractivity (Wildman–Crippen MR) is 112 cm³/mol. The minimum atomic E-state index is -3.61. The zero-order chi connectivity index (χ0) is 20.4. The van der Waals surface area contributed by atoms with Crippen molar-refractivity contribution in [3.63, 3.8) is 0 Å². The minimum absolute atomic E-state index is 0.234. The molecule has 0 N–H and O–H groups in total. The second-order valence-electron chi connectivity index (χ2n) is 7.33. The van der Waals surface area contributed by atoms with Gasteiger partial charge >= 0.3 is 0 Å². The number of halogens is 1. The Bertz CT molecular complexity index is 1130. The Balaban J connectivity index is 1.50. The quantitative estimate of drug-likeness (QED) is 0.624. The summed E-state index contributed by atoms with van der Waals surface area (Å²) >= 11 is 0. The molecule has 1 aromatic heterocycles. The van der Waals surface area contributed by atoms with Gasteiger partial charge in [-0.2, -0.15) is 0 Å². The van der Waals surface area contributed by atoms with Crippen molar-refractivity contribution in [1.29, 1.82) is 0 Å². The smallest absolute Gasteiger partial charge is 0.267 e. The van der Waals surface area contributed by atoms with Crippen molar-refractivity contribution in [2.75, 3.05) is 13.1 Å². The summed E-state index contributed by atoms with van der Waals surface area (Å²) in [5.74, 6) is -0.234. The maximum absolute atomic E-state index is 13.1. The van der Waals surface area contributed by atoms with Crippen LogP contribution in [-0.4, -0.2) is 30.4 Å². The topological polar surface area (TPSA) is 42.3 Å². The molecule has 0 radical (unpaired) electrons. The summed E-state index contributed by atoms with van der Waals surface area (Å²) in [5.41, 5.74) is 4.00. The van der Waals surface area contributed by atoms with E-state index in [4.69, 9.17) is 0 Å². The molecule has 2 aromatic carbocycles. The molecule has 0 spiro atoms. The third-order valence-electron chi connectivity index (χ3n) is 5.26. The van der Waals surface area contributed by atoms with Crippen molar-refractivity contribution in [1.82, 2.24) is 8.87 Å². The number of aromatic nitrogens is 1. The first-order valence-electron chi connectivity index (χ1n) is 9.59. The van der Waals surface area contributed by atoms with Crippen molar-refractivity contribution in [3.8, 4) is 0 Å². The van der Waals surface area contributed by atoms with Crippen LogP contribution in [0.4, 0.5) is 4.39 Å². The number of hydrogen-bond donors (Lipinski definition) is 0. The molecule has 0 saturated carbocycles. The lowest BCUT2D eigenvalue weighted by Crippen LogP contribution is -2.29. The predicted octanol–water partition coefficient (Wildman–Crippen LogP) is 4.46. The van der Waals surface area contributed by atoms with Crippen LogP contribution in [-0.2, 0) is 16.6 Å². The molecule has 4 rings (SSSR count). The lowest BCUT2D eigenvalue weighted by atomic mass is 9.99. The zero-order valence-corrected chi connectivity index (χ0v) is 17.1. The van der Waals surface area contributed by atoms with E-state index in [0.717, 1.165) is 36.3 Å². The molecule has 4 nitrogen and oxygen atoms in total. The normalized spacial score (nSPS) is 15.3. The Morgan fingerprint density at radius 1 is 1.00 bits per heavy atom. The van der Waals surface area contributed by atoms with Gasteiger partial charge in [0.2, 0.25) is 0 Å². The van der Waals surface area contributed by atoms with E-state index in [-0.39, 0.29) is 10.7 Å². The fourth-order valence-electron chi connectivity index (χ4n) is 3.59. The summed E-state index contributed by atoms with van der Waals surface area (Å²) in [6, 6.07) is 17.1. The molecule has 6 heteroatoms. The number of hydrogen-bond acceptors (Lipinski definition) is 3. The number of aryl methyl sites for hydroxylation is 1. The van der Waals surface area contributed by atoms with Gasteiger partial charge in [0, 0.05) is 31.5 Å². The minimum Gasteiger partial charge on any atom is -0.294 e. The average Bonchev–Trinajstić information content (AvgIpc) is 3.19. The van der Waals surface area contributed by atoms with Crippen LogP contribution in [0.1, 0.15) is 23.2 Å². The second kappa shape index (κ2) is 7.97. The first-order chi connectivity index (χ1) is 13.9. The molecular formula is C23H23FN2O2S. The zero-order valence-electron chi connectivity index (χ0n) is 16.3. The van der Waals surface area contributed by atoms with E-state index in [9.17, 15) is 12.8 Å². The van der Waals surface area contributed by atoms with Crippen LogP contribution >= 0.6 is 0 Å². The Morgan fingerprint density at radius 3 is 2.38 bits per heavy atom. The number of benzene rings is 2. The van der Waals surface area contributed by atoms with E-state index in [1.165, 1.54) is 21.7 Å². The molecule has 0 amide bonds. The molecule has 3 aromatic rings. The van der Waals surface area contributed by atoms with Crippen molar-refractivity contribution in [2.45, 2.75) is 24.8 Å². The molecule has 0 atom stereocenters. The van der Waals surface area contributed by atoms with Crippen LogP contribution in [0.15, 0.2) is 77.8 Å². The fourth-order valence-corrected chi connectivity index (χ4v) is 4.96. The molecule has 1 aliphatic rings. The maximum Gasteiger partial charge on any atom is 0.267 e. The van der Waals surface area contributed by atoms with Crippen LogP contribution in [0.3, 0.4) is 0 Å². The average molecular weight is 411 g/mol. The second-order valence-corrected chi connectivity index (χ2v) is 9.15. The summed E-state index contributed by atoms with van der Waals surface area (Å²) in [6.45, 7) is 4.02. The van der Waals surface area contributed by atoms with Crippen molar-refractivity contribution >= 4 is 15.6 Å². The van der Waals surface area contributed by atoms with Crippen LogP contribution in [0, 0.1) is 12.7 Å². The van der Waals surface area contributed by atoms with Gasteiger partial charge in [0.1, 0.15) is 5.82 Å². The molecule has 0 bridgehead atoms. The van der Waals surface area contributed by atoms with E-state index >= 15 is 0 Å². The van der Waals surface area contributed by atoms with Gasteiger partial charge in [0.15, 0.2) is 0 Å². The third-order valence-corrected chi connectivity index (χ3v) is 7.01. The Kier molecular flexibility index (Phi) is 5.39. The first kappa shape index (κ1) is 19.6. The molecule has 0 unspecified atom stereocenters. The summed E-state index contributed by atoms with van der Waals surface area (Å²) in [4.78, 5) is 2.50. The van der Waals surface area contributed by atoms with Crippen LogP contribution in [0.2, 0.25) is 0 Å². The molecule has 29 heavy (non-hydrogen) atoms. The van der Waals surface area contributed by atoms with Crippen molar-refractivity contribution in [2.24, 2.45) is 0 Å². The van der Waals surface area contributed by atoms with Gasteiger partial charge in [-0.15, -0.1) is 0 Å². The van der Waals surface area contributed by atoms with E-state index in [1.54, 1.807) is 36.5 Å². The van der Waals surface area contributed by atoms with Crippen molar-refractivity contribution in [3.05, 3.63) is 95.6 Å². The van der Waals surface area contributed by atoms with Gasteiger partial charge in [-0.05, 0) is 60.9 Å². The van der Waals surface area contributed by atoms with E-state index in [0.29, 0.717) is 6.54 Å². The van der Waals surface area contributed by atoms with Crippen LogP contribution in [0.25, 0.3) is 5.57 Å².